The molecule has 82 valence electrons. The zero-order valence-electron chi connectivity index (χ0n) is 9.15. The van der Waals surface area contributed by atoms with E-state index in [-0.39, 0.29) is 6.10 Å². The summed E-state index contributed by atoms with van der Waals surface area (Å²) < 4.78 is 5.47. The summed E-state index contributed by atoms with van der Waals surface area (Å²) in [6.45, 7) is 6.22. The number of rotatable bonds is 6. The van der Waals surface area contributed by atoms with Crippen LogP contribution < -0.4 is 4.74 Å². The Hall–Kier alpha value is -1.28. The molecular weight excluding hydrogens is 188 g/mol. The average molecular weight is 206 g/mol. The highest BCUT2D eigenvalue weighted by atomic mass is 16.5. The summed E-state index contributed by atoms with van der Waals surface area (Å²) in [5.41, 5.74) is 1.00. The van der Waals surface area contributed by atoms with Gasteiger partial charge in [-0.25, -0.2) is 0 Å². The summed E-state index contributed by atoms with van der Waals surface area (Å²) in [5.74, 6) is 0.847. The largest absolute Gasteiger partial charge is 0.493 e. The quantitative estimate of drug-likeness (QED) is 0.725. The molecule has 0 radical (unpaired) electrons. The molecule has 0 bridgehead atoms. The molecule has 1 unspecified atom stereocenters. The molecule has 1 N–H and O–H groups in total. The Kier molecular flexibility index (Phi) is 4.91. The lowest BCUT2D eigenvalue weighted by atomic mass is 10.1. The molecule has 15 heavy (non-hydrogen) atoms. The smallest absolute Gasteiger partial charge is 0.119 e. The number of para-hydroxylation sites is 1. The van der Waals surface area contributed by atoms with E-state index in [4.69, 9.17) is 4.74 Å². The van der Waals surface area contributed by atoms with Gasteiger partial charge in [-0.1, -0.05) is 23.8 Å². The fourth-order valence-corrected chi connectivity index (χ4v) is 1.33. The molecule has 2 nitrogen and oxygen atoms in total. The van der Waals surface area contributed by atoms with Gasteiger partial charge in [0.05, 0.1) is 12.7 Å². The molecule has 2 heteroatoms. The van der Waals surface area contributed by atoms with Gasteiger partial charge in [-0.05, 0) is 25.5 Å². The Balaban J connectivity index is 2.19. The van der Waals surface area contributed by atoms with E-state index in [1.54, 1.807) is 0 Å². The van der Waals surface area contributed by atoms with E-state index in [1.807, 2.05) is 37.3 Å². The fraction of sp³-hybridized carbons (Fsp3) is 0.385. The van der Waals surface area contributed by atoms with E-state index in [1.165, 1.54) is 0 Å². The highest BCUT2D eigenvalue weighted by molar-refractivity contribution is 5.20. The number of ether oxygens (including phenoxy) is 1. The lowest BCUT2D eigenvalue weighted by Crippen LogP contribution is -2.12. The van der Waals surface area contributed by atoms with Gasteiger partial charge in [0.1, 0.15) is 5.75 Å². The first-order valence-electron chi connectivity index (χ1n) is 5.19. The van der Waals surface area contributed by atoms with Crippen molar-refractivity contribution in [1.82, 2.24) is 0 Å². The number of aliphatic hydroxyl groups is 1. The topological polar surface area (TPSA) is 29.5 Å². The van der Waals surface area contributed by atoms with Crippen molar-refractivity contribution in [2.75, 3.05) is 6.61 Å². The molecule has 0 aliphatic rings. The van der Waals surface area contributed by atoms with Gasteiger partial charge in [0, 0.05) is 6.42 Å². The Labute approximate surface area is 91.2 Å². The SMILES string of the molecule is C=C(C)CC(O)CCOc1ccccc1. The first-order chi connectivity index (χ1) is 7.18. The molecule has 0 aliphatic carbocycles. The summed E-state index contributed by atoms with van der Waals surface area (Å²) in [7, 11) is 0. The Morgan fingerprint density at radius 1 is 1.40 bits per heavy atom. The second-order valence-corrected chi connectivity index (χ2v) is 3.77. The Morgan fingerprint density at radius 3 is 2.67 bits per heavy atom. The zero-order valence-corrected chi connectivity index (χ0v) is 9.15. The second-order valence-electron chi connectivity index (χ2n) is 3.77. The van der Waals surface area contributed by atoms with Crippen molar-refractivity contribution < 1.29 is 9.84 Å². The van der Waals surface area contributed by atoms with Gasteiger partial charge in [-0.2, -0.15) is 0 Å². The highest BCUT2D eigenvalue weighted by Crippen LogP contribution is 2.10. The van der Waals surface area contributed by atoms with Gasteiger partial charge in [0.2, 0.25) is 0 Å². The lowest BCUT2D eigenvalue weighted by Gasteiger charge is -2.11. The van der Waals surface area contributed by atoms with E-state index < -0.39 is 0 Å². The minimum Gasteiger partial charge on any atom is -0.493 e. The maximum absolute atomic E-state index is 9.56. The van der Waals surface area contributed by atoms with Crippen LogP contribution in [0.4, 0.5) is 0 Å². The molecule has 0 fully saturated rings. The molecule has 0 amide bonds. The van der Waals surface area contributed by atoms with Gasteiger partial charge in [-0.15, -0.1) is 6.58 Å². The van der Waals surface area contributed by atoms with Crippen LogP contribution in [0.25, 0.3) is 0 Å². The second kappa shape index (κ2) is 6.25. The maximum atomic E-state index is 9.56. The van der Waals surface area contributed by atoms with E-state index in [9.17, 15) is 5.11 Å². The fourth-order valence-electron chi connectivity index (χ4n) is 1.33. The monoisotopic (exact) mass is 206 g/mol. The third-order valence-electron chi connectivity index (χ3n) is 2.05. The van der Waals surface area contributed by atoms with Crippen molar-refractivity contribution in [3.8, 4) is 5.75 Å². The van der Waals surface area contributed by atoms with E-state index >= 15 is 0 Å². The molecule has 0 aromatic heterocycles. The first kappa shape index (κ1) is 11.8. The molecule has 1 atom stereocenters. The van der Waals surface area contributed by atoms with Crippen LogP contribution in [-0.4, -0.2) is 17.8 Å². The standard InChI is InChI=1S/C13H18O2/c1-11(2)10-12(14)8-9-15-13-6-4-3-5-7-13/h3-7,12,14H,1,8-10H2,2H3. The average Bonchev–Trinajstić information content (AvgIpc) is 2.18. The van der Waals surface area contributed by atoms with Crippen LogP contribution in [0.5, 0.6) is 5.75 Å². The maximum Gasteiger partial charge on any atom is 0.119 e. The van der Waals surface area contributed by atoms with Crippen LogP contribution in [0.2, 0.25) is 0 Å². The number of aliphatic hydroxyl groups excluding tert-OH is 1. The van der Waals surface area contributed by atoms with E-state index in [2.05, 4.69) is 6.58 Å². The molecule has 1 rings (SSSR count). The van der Waals surface area contributed by atoms with Crippen molar-refractivity contribution in [2.24, 2.45) is 0 Å². The number of hydrogen-bond donors (Lipinski definition) is 1. The molecule has 0 heterocycles. The van der Waals surface area contributed by atoms with Gasteiger partial charge in [0.15, 0.2) is 0 Å². The summed E-state index contributed by atoms with van der Waals surface area (Å²) in [4.78, 5) is 0. The minimum absolute atomic E-state index is 0.341. The zero-order chi connectivity index (χ0) is 11.1. The predicted molar refractivity (Wildman–Crippen MR) is 62.0 cm³/mol. The first-order valence-corrected chi connectivity index (χ1v) is 5.19. The third kappa shape index (κ3) is 5.23. The Bertz CT molecular complexity index is 293. The summed E-state index contributed by atoms with van der Waals surface area (Å²) >= 11 is 0. The minimum atomic E-state index is -0.341. The summed E-state index contributed by atoms with van der Waals surface area (Å²) in [5, 5.41) is 9.56. The van der Waals surface area contributed by atoms with Crippen molar-refractivity contribution >= 4 is 0 Å². The van der Waals surface area contributed by atoms with Crippen molar-refractivity contribution in [3.05, 3.63) is 42.5 Å². The number of benzene rings is 1. The summed E-state index contributed by atoms with van der Waals surface area (Å²) in [6.07, 6.45) is 0.950. The normalized spacial score (nSPS) is 12.1. The van der Waals surface area contributed by atoms with Gasteiger partial charge in [-0.3, -0.25) is 0 Å². The molecule has 0 saturated carbocycles. The lowest BCUT2D eigenvalue weighted by molar-refractivity contribution is 0.139. The molecule has 0 spiro atoms. The number of hydrogen-bond acceptors (Lipinski definition) is 2. The predicted octanol–water partition coefficient (Wildman–Crippen LogP) is 2.78. The van der Waals surface area contributed by atoms with Crippen molar-refractivity contribution in [2.45, 2.75) is 25.9 Å². The van der Waals surface area contributed by atoms with E-state index in [0.29, 0.717) is 19.4 Å². The molecule has 0 saturated heterocycles. The van der Waals surface area contributed by atoms with Crippen LogP contribution in [0.15, 0.2) is 42.5 Å². The Morgan fingerprint density at radius 2 is 2.07 bits per heavy atom. The van der Waals surface area contributed by atoms with Crippen LogP contribution >= 0.6 is 0 Å². The van der Waals surface area contributed by atoms with E-state index in [0.717, 1.165) is 11.3 Å². The van der Waals surface area contributed by atoms with Crippen LogP contribution in [0, 0.1) is 0 Å². The highest BCUT2D eigenvalue weighted by Gasteiger charge is 2.04. The van der Waals surface area contributed by atoms with Crippen LogP contribution in [0.1, 0.15) is 19.8 Å². The van der Waals surface area contributed by atoms with Crippen molar-refractivity contribution in [1.29, 1.82) is 0 Å². The molecule has 0 aliphatic heterocycles. The van der Waals surface area contributed by atoms with Crippen molar-refractivity contribution in [3.63, 3.8) is 0 Å². The van der Waals surface area contributed by atoms with Crippen LogP contribution in [-0.2, 0) is 0 Å². The third-order valence-corrected chi connectivity index (χ3v) is 2.05. The van der Waals surface area contributed by atoms with Crippen LogP contribution in [0.3, 0.4) is 0 Å². The van der Waals surface area contributed by atoms with Gasteiger partial charge >= 0.3 is 0 Å². The molecular formula is C13H18O2. The molecule has 1 aromatic carbocycles. The molecule has 1 aromatic rings. The van der Waals surface area contributed by atoms with Gasteiger partial charge in [0.25, 0.3) is 0 Å². The van der Waals surface area contributed by atoms with Gasteiger partial charge < -0.3 is 9.84 Å². The summed E-state index contributed by atoms with van der Waals surface area (Å²) in [6, 6.07) is 9.62.